The van der Waals surface area contributed by atoms with E-state index in [9.17, 15) is 26.0 Å². The highest BCUT2D eigenvalue weighted by Crippen LogP contribution is 2.22. The number of benzene rings is 1. The van der Waals surface area contributed by atoms with E-state index >= 15 is 0 Å². The Bertz CT molecular complexity index is 985. The van der Waals surface area contributed by atoms with Crippen LogP contribution in [0.3, 0.4) is 0 Å². The lowest BCUT2D eigenvalue weighted by Gasteiger charge is -2.30. The van der Waals surface area contributed by atoms with Gasteiger partial charge in [0.1, 0.15) is 10.7 Å². The minimum atomic E-state index is -4.07. The highest BCUT2D eigenvalue weighted by molar-refractivity contribution is 7.89. The maximum absolute atomic E-state index is 14.3. The lowest BCUT2D eigenvalue weighted by atomic mass is 9.98. The number of carbonyl (C=O) groups is 1. The first-order valence-electron chi connectivity index (χ1n) is 9.70. The molecule has 12 heteroatoms. The molecule has 0 radical (unpaired) electrons. The molecule has 0 bridgehead atoms. The molecule has 2 saturated heterocycles. The molecule has 2 aliphatic heterocycles. The molecule has 1 N–H and O–H groups in total. The first-order chi connectivity index (χ1) is 14.1. The number of carbonyl (C=O) groups excluding carboxylic acids is 1. The van der Waals surface area contributed by atoms with E-state index in [0.717, 1.165) is 16.4 Å². The predicted molar refractivity (Wildman–Crippen MR) is 107 cm³/mol. The molecule has 3 rings (SSSR count). The number of nitrogens with one attached hydrogen (secondary N) is 1. The SMILES string of the molecule is CS(=O)(=O)N1CCC(CNC(=O)c2ccc(F)c(S(=O)(=O)N3CCOCC3)c2)CC1. The van der Waals surface area contributed by atoms with Crippen molar-refractivity contribution in [2.24, 2.45) is 5.92 Å². The van der Waals surface area contributed by atoms with Gasteiger partial charge in [0.15, 0.2) is 0 Å². The molecule has 2 heterocycles. The van der Waals surface area contributed by atoms with Crippen molar-refractivity contribution in [3.63, 3.8) is 0 Å². The third kappa shape index (κ3) is 5.35. The Morgan fingerprint density at radius 1 is 1.10 bits per heavy atom. The van der Waals surface area contributed by atoms with Gasteiger partial charge < -0.3 is 10.1 Å². The summed E-state index contributed by atoms with van der Waals surface area (Å²) < 4.78 is 70.6. The van der Waals surface area contributed by atoms with Gasteiger partial charge in [-0.15, -0.1) is 0 Å². The summed E-state index contributed by atoms with van der Waals surface area (Å²) in [6.07, 6.45) is 2.41. The minimum Gasteiger partial charge on any atom is -0.379 e. The minimum absolute atomic E-state index is 0.0526. The van der Waals surface area contributed by atoms with Crippen molar-refractivity contribution in [2.45, 2.75) is 17.7 Å². The highest BCUT2D eigenvalue weighted by Gasteiger charge is 2.30. The number of amides is 1. The number of morpholine rings is 1. The van der Waals surface area contributed by atoms with Gasteiger partial charge >= 0.3 is 0 Å². The summed E-state index contributed by atoms with van der Waals surface area (Å²) in [6, 6.07) is 3.28. The van der Waals surface area contributed by atoms with Crippen LogP contribution in [0.1, 0.15) is 23.2 Å². The van der Waals surface area contributed by atoms with Crippen LogP contribution in [0.2, 0.25) is 0 Å². The Labute approximate surface area is 176 Å². The van der Waals surface area contributed by atoms with Crippen LogP contribution >= 0.6 is 0 Å². The Balaban J connectivity index is 1.64. The maximum atomic E-state index is 14.3. The van der Waals surface area contributed by atoms with Crippen molar-refractivity contribution >= 4 is 26.0 Å². The Kier molecular flexibility index (Phi) is 7.13. The molecule has 9 nitrogen and oxygen atoms in total. The van der Waals surface area contributed by atoms with Crippen LogP contribution in [-0.2, 0) is 24.8 Å². The molecule has 1 aromatic carbocycles. The molecule has 0 saturated carbocycles. The monoisotopic (exact) mass is 463 g/mol. The lowest BCUT2D eigenvalue weighted by molar-refractivity contribution is 0.0729. The summed E-state index contributed by atoms with van der Waals surface area (Å²) >= 11 is 0. The number of halogens is 1. The molecule has 30 heavy (non-hydrogen) atoms. The van der Waals surface area contributed by atoms with Crippen molar-refractivity contribution < 1.29 is 30.8 Å². The van der Waals surface area contributed by atoms with E-state index in [1.807, 2.05) is 0 Å². The maximum Gasteiger partial charge on any atom is 0.251 e. The van der Waals surface area contributed by atoms with Crippen molar-refractivity contribution in [3.05, 3.63) is 29.6 Å². The standard InChI is InChI=1S/C18H26FN3O6S2/c1-29(24,25)21-6-4-14(5-7-21)13-20-18(23)15-2-3-16(19)17(12-15)30(26,27)22-8-10-28-11-9-22/h2-3,12,14H,4-11,13H2,1H3,(H,20,23). The molecule has 0 atom stereocenters. The summed E-state index contributed by atoms with van der Waals surface area (Å²) in [4.78, 5) is 12.0. The smallest absolute Gasteiger partial charge is 0.251 e. The Hall–Kier alpha value is -1.60. The average Bonchev–Trinajstić information content (AvgIpc) is 2.72. The first-order valence-corrected chi connectivity index (χ1v) is 13.0. The summed E-state index contributed by atoms with van der Waals surface area (Å²) in [7, 11) is -7.28. The molecule has 0 aromatic heterocycles. The van der Waals surface area contributed by atoms with Crippen LogP contribution in [0.15, 0.2) is 23.1 Å². The largest absolute Gasteiger partial charge is 0.379 e. The van der Waals surface area contributed by atoms with Crippen LogP contribution < -0.4 is 5.32 Å². The van der Waals surface area contributed by atoms with E-state index < -0.39 is 36.7 Å². The average molecular weight is 464 g/mol. The second kappa shape index (κ2) is 9.27. The van der Waals surface area contributed by atoms with Crippen LogP contribution in [0.25, 0.3) is 0 Å². The number of ether oxygens (including phenoxy) is 1. The highest BCUT2D eigenvalue weighted by atomic mass is 32.2. The van der Waals surface area contributed by atoms with E-state index in [1.165, 1.54) is 16.6 Å². The molecule has 2 aliphatic rings. The third-order valence-electron chi connectivity index (χ3n) is 5.38. The zero-order valence-electron chi connectivity index (χ0n) is 16.7. The molecular weight excluding hydrogens is 437 g/mol. The summed E-state index contributed by atoms with van der Waals surface area (Å²) in [6.45, 7) is 1.86. The second-order valence-electron chi connectivity index (χ2n) is 7.48. The van der Waals surface area contributed by atoms with Gasteiger partial charge in [0.2, 0.25) is 20.0 Å². The molecule has 0 spiro atoms. The Morgan fingerprint density at radius 3 is 2.33 bits per heavy atom. The molecule has 168 valence electrons. The van der Waals surface area contributed by atoms with E-state index in [1.54, 1.807) is 0 Å². The van der Waals surface area contributed by atoms with Gasteiger partial charge in [-0.1, -0.05) is 0 Å². The molecule has 1 amide bonds. The number of sulfonamides is 2. The molecule has 0 aliphatic carbocycles. The molecule has 2 fully saturated rings. The summed E-state index contributed by atoms with van der Waals surface area (Å²) in [5, 5.41) is 2.74. The third-order valence-corrected chi connectivity index (χ3v) is 8.59. The van der Waals surface area contributed by atoms with Crippen LogP contribution in [0.5, 0.6) is 0 Å². The predicted octanol–water partition coefficient (Wildman–Crippen LogP) is 0.248. The normalized spacial score (nSPS) is 20.2. The fraction of sp³-hybridized carbons (Fsp3) is 0.611. The quantitative estimate of drug-likeness (QED) is 0.647. The fourth-order valence-corrected chi connectivity index (χ4v) is 5.92. The van der Waals surface area contributed by atoms with E-state index in [-0.39, 0.29) is 37.8 Å². The number of hydrogen-bond acceptors (Lipinski definition) is 6. The molecule has 0 unspecified atom stereocenters. The van der Waals surface area contributed by atoms with Gasteiger partial charge in [0.05, 0.1) is 19.5 Å². The van der Waals surface area contributed by atoms with Gasteiger partial charge in [0.25, 0.3) is 5.91 Å². The first kappa shape index (κ1) is 23.1. The van der Waals surface area contributed by atoms with Crippen molar-refractivity contribution in [3.8, 4) is 0 Å². The summed E-state index contributed by atoms with van der Waals surface area (Å²) in [5.74, 6) is -1.30. The van der Waals surface area contributed by atoms with Crippen LogP contribution in [0, 0.1) is 11.7 Å². The topological polar surface area (TPSA) is 113 Å². The van der Waals surface area contributed by atoms with Crippen LogP contribution in [-0.4, -0.2) is 83.5 Å². The van der Waals surface area contributed by atoms with Crippen molar-refractivity contribution in [1.29, 1.82) is 0 Å². The number of piperidine rings is 1. The van der Waals surface area contributed by atoms with Crippen molar-refractivity contribution in [2.75, 3.05) is 52.2 Å². The summed E-state index contributed by atoms with van der Waals surface area (Å²) in [5.41, 5.74) is 0.0526. The van der Waals surface area contributed by atoms with Gasteiger partial charge in [-0.2, -0.15) is 4.31 Å². The van der Waals surface area contributed by atoms with E-state index in [0.29, 0.717) is 32.5 Å². The number of hydrogen-bond donors (Lipinski definition) is 1. The van der Waals surface area contributed by atoms with Gasteiger partial charge in [-0.05, 0) is 37.0 Å². The van der Waals surface area contributed by atoms with E-state index in [2.05, 4.69) is 5.32 Å². The number of rotatable bonds is 6. The fourth-order valence-electron chi connectivity index (χ4n) is 3.55. The molecule has 1 aromatic rings. The molecular formula is C18H26FN3O6S2. The zero-order valence-corrected chi connectivity index (χ0v) is 18.3. The van der Waals surface area contributed by atoms with Gasteiger partial charge in [0, 0.05) is 38.3 Å². The van der Waals surface area contributed by atoms with Gasteiger partial charge in [-0.3, -0.25) is 4.79 Å². The Morgan fingerprint density at radius 2 is 1.73 bits per heavy atom. The second-order valence-corrected chi connectivity index (χ2v) is 11.4. The zero-order chi connectivity index (χ0) is 21.9. The van der Waals surface area contributed by atoms with E-state index in [4.69, 9.17) is 4.74 Å². The van der Waals surface area contributed by atoms with Gasteiger partial charge in [-0.25, -0.2) is 25.5 Å². The van der Waals surface area contributed by atoms with Crippen molar-refractivity contribution in [1.82, 2.24) is 13.9 Å². The number of nitrogens with zero attached hydrogens (tertiary/aromatic N) is 2. The lowest BCUT2D eigenvalue weighted by Crippen LogP contribution is -2.41. The van der Waals surface area contributed by atoms with Crippen LogP contribution in [0.4, 0.5) is 4.39 Å².